The second-order valence-electron chi connectivity index (χ2n) is 5.10. The number of aromatic nitrogens is 4. The van der Waals surface area contributed by atoms with Crippen LogP contribution in [0, 0.1) is 6.92 Å². The number of nitrogens with one attached hydrogen (secondary N) is 2. The Morgan fingerprint density at radius 1 is 1.25 bits per heavy atom. The SMILES string of the molecule is CNc1ncnc(NCCn2cc(C)cn2)c1C(C)C. The van der Waals surface area contributed by atoms with Gasteiger partial charge in [-0.2, -0.15) is 5.10 Å². The van der Waals surface area contributed by atoms with Gasteiger partial charge in [-0.1, -0.05) is 13.8 Å². The number of hydrogen-bond acceptors (Lipinski definition) is 5. The molecule has 0 aromatic carbocycles. The van der Waals surface area contributed by atoms with Gasteiger partial charge in [0.1, 0.15) is 18.0 Å². The molecule has 0 spiro atoms. The zero-order chi connectivity index (χ0) is 14.5. The Hall–Kier alpha value is -2.11. The van der Waals surface area contributed by atoms with E-state index in [-0.39, 0.29) is 0 Å². The number of hydrogen-bond donors (Lipinski definition) is 2. The quantitative estimate of drug-likeness (QED) is 0.845. The minimum absolute atomic E-state index is 0.355. The van der Waals surface area contributed by atoms with Crippen molar-refractivity contribution in [3.63, 3.8) is 0 Å². The number of aryl methyl sites for hydroxylation is 1. The molecule has 0 unspecified atom stereocenters. The fourth-order valence-electron chi connectivity index (χ4n) is 2.16. The van der Waals surface area contributed by atoms with Gasteiger partial charge < -0.3 is 10.6 Å². The maximum absolute atomic E-state index is 4.35. The third kappa shape index (κ3) is 3.26. The molecule has 0 saturated heterocycles. The van der Waals surface area contributed by atoms with E-state index < -0.39 is 0 Å². The number of anilines is 2. The predicted octanol–water partition coefficient (Wildman–Crippen LogP) is 2.26. The first kappa shape index (κ1) is 14.3. The lowest BCUT2D eigenvalue weighted by atomic mass is 10.0. The topological polar surface area (TPSA) is 67.7 Å². The van der Waals surface area contributed by atoms with Crippen molar-refractivity contribution in [1.29, 1.82) is 0 Å². The summed E-state index contributed by atoms with van der Waals surface area (Å²) < 4.78 is 1.93. The van der Waals surface area contributed by atoms with E-state index in [4.69, 9.17) is 0 Å². The Kier molecular flexibility index (Phi) is 4.55. The number of nitrogens with zero attached hydrogens (tertiary/aromatic N) is 4. The molecule has 0 aliphatic heterocycles. The summed E-state index contributed by atoms with van der Waals surface area (Å²) in [6, 6.07) is 0. The summed E-state index contributed by atoms with van der Waals surface area (Å²) in [6.45, 7) is 7.91. The van der Waals surface area contributed by atoms with Gasteiger partial charge in [0.05, 0.1) is 12.7 Å². The molecule has 2 aromatic heterocycles. The zero-order valence-electron chi connectivity index (χ0n) is 12.5. The van der Waals surface area contributed by atoms with Crippen LogP contribution in [0.2, 0.25) is 0 Å². The molecule has 6 heteroatoms. The Bertz CT molecular complexity index is 561. The Balaban J connectivity index is 2.05. The highest BCUT2D eigenvalue weighted by Gasteiger charge is 2.13. The molecule has 2 heterocycles. The molecule has 2 N–H and O–H groups in total. The summed E-state index contributed by atoms with van der Waals surface area (Å²) in [6.07, 6.45) is 5.48. The third-order valence-electron chi connectivity index (χ3n) is 3.09. The maximum atomic E-state index is 4.35. The highest BCUT2D eigenvalue weighted by molar-refractivity contribution is 5.58. The van der Waals surface area contributed by atoms with Crippen molar-refractivity contribution in [3.05, 3.63) is 29.8 Å². The molecule has 0 aliphatic carbocycles. The van der Waals surface area contributed by atoms with E-state index in [0.29, 0.717) is 5.92 Å². The molecule has 2 rings (SSSR count). The fourth-order valence-corrected chi connectivity index (χ4v) is 2.16. The van der Waals surface area contributed by atoms with Gasteiger partial charge >= 0.3 is 0 Å². The predicted molar refractivity (Wildman–Crippen MR) is 81.1 cm³/mol. The van der Waals surface area contributed by atoms with Gasteiger partial charge in [-0.3, -0.25) is 4.68 Å². The van der Waals surface area contributed by atoms with Crippen LogP contribution in [0.4, 0.5) is 11.6 Å². The van der Waals surface area contributed by atoms with Crippen LogP contribution in [-0.2, 0) is 6.54 Å². The van der Waals surface area contributed by atoms with Gasteiger partial charge in [-0.05, 0) is 18.4 Å². The monoisotopic (exact) mass is 274 g/mol. The molecule has 0 aliphatic rings. The van der Waals surface area contributed by atoms with Crippen LogP contribution in [0.1, 0.15) is 30.9 Å². The van der Waals surface area contributed by atoms with Gasteiger partial charge in [0.2, 0.25) is 0 Å². The Morgan fingerprint density at radius 2 is 2.00 bits per heavy atom. The van der Waals surface area contributed by atoms with Crippen LogP contribution in [0.5, 0.6) is 0 Å². The van der Waals surface area contributed by atoms with Crippen LogP contribution in [-0.4, -0.2) is 33.3 Å². The maximum Gasteiger partial charge on any atom is 0.135 e. The van der Waals surface area contributed by atoms with Gasteiger partial charge in [0, 0.05) is 25.4 Å². The van der Waals surface area contributed by atoms with E-state index in [1.807, 2.05) is 31.0 Å². The van der Waals surface area contributed by atoms with Crippen molar-refractivity contribution < 1.29 is 0 Å². The zero-order valence-corrected chi connectivity index (χ0v) is 12.5. The van der Waals surface area contributed by atoms with E-state index in [1.54, 1.807) is 6.33 Å². The van der Waals surface area contributed by atoms with Crippen LogP contribution < -0.4 is 10.6 Å². The molecule has 0 amide bonds. The number of rotatable bonds is 6. The summed E-state index contributed by atoms with van der Waals surface area (Å²) in [5.41, 5.74) is 2.29. The Labute approximate surface area is 119 Å². The summed E-state index contributed by atoms with van der Waals surface area (Å²) in [5, 5.41) is 10.8. The summed E-state index contributed by atoms with van der Waals surface area (Å²) in [5.74, 6) is 2.13. The molecular formula is C14H22N6. The normalized spacial score (nSPS) is 10.8. The van der Waals surface area contributed by atoms with Crippen LogP contribution >= 0.6 is 0 Å². The summed E-state index contributed by atoms with van der Waals surface area (Å²) in [7, 11) is 1.88. The van der Waals surface area contributed by atoms with E-state index in [2.05, 4.69) is 39.5 Å². The molecular weight excluding hydrogens is 252 g/mol. The fraction of sp³-hybridized carbons (Fsp3) is 0.500. The first-order valence-electron chi connectivity index (χ1n) is 6.87. The Morgan fingerprint density at radius 3 is 2.60 bits per heavy atom. The second kappa shape index (κ2) is 6.36. The van der Waals surface area contributed by atoms with E-state index in [1.165, 1.54) is 5.56 Å². The molecule has 0 atom stereocenters. The van der Waals surface area contributed by atoms with Gasteiger partial charge in [-0.25, -0.2) is 9.97 Å². The van der Waals surface area contributed by atoms with Gasteiger partial charge in [-0.15, -0.1) is 0 Å². The van der Waals surface area contributed by atoms with Crippen molar-refractivity contribution in [2.75, 3.05) is 24.2 Å². The van der Waals surface area contributed by atoms with Crippen molar-refractivity contribution >= 4 is 11.6 Å². The van der Waals surface area contributed by atoms with Gasteiger partial charge in [0.15, 0.2) is 0 Å². The van der Waals surface area contributed by atoms with Crippen molar-refractivity contribution in [3.8, 4) is 0 Å². The lowest BCUT2D eigenvalue weighted by molar-refractivity contribution is 0.636. The second-order valence-corrected chi connectivity index (χ2v) is 5.10. The largest absolute Gasteiger partial charge is 0.373 e. The summed E-state index contributed by atoms with van der Waals surface area (Å²) in [4.78, 5) is 8.62. The van der Waals surface area contributed by atoms with E-state index >= 15 is 0 Å². The van der Waals surface area contributed by atoms with Crippen LogP contribution in [0.25, 0.3) is 0 Å². The van der Waals surface area contributed by atoms with Gasteiger partial charge in [0.25, 0.3) is 0 Å². The molecule has 0 fully saturated rings. The average molecular weight is 274 g/mol. The molecule has 0 saturated carbocycles. The molecule has 2 aromatic rings. The molecule has 20 heavy (non-hydrogen) atoms. The molecule has 6 nitrogen and oxygen atoms in total. The first-order valence-corrected chi connectivity index (χ1v) is 6.87. The van der Waals surface area contributed by atoms with Crippen molar-refractivity contribution in [1.82, 2.24) is 19.7 Å². The summed E-state index contributed by atoms with van der Waals surface area (Å²) >= 11 is 0. The third-order valence-corrected chi connectivity index (χ3v) is 3.09. The molecule has 0 bridgehead atoms. The molecule has 0 radical (unpaired) electrons. The van der Waals surface area contributed by atoms with Crippen molar-refractivity contribution in [2.45, 2.75) is 33.2 Å². The highest BCUT2D eigenvalue weighted by Crippen LogP contribution is 2.27. The average Bonchev–Trinajstić information content (AvgIpc) is 2.83. The lowest BCUT2D eigenvalue weighted by Crippen LogP contribution is -2.14. The van der Waals surface area contributed by atoms with Crippen LogP contribution in [0.15, 0.2) is 18.7 Å². The van der Waals surface area contributed by atoms with Crippen molar-refractivity contribution in [2.24, 2.45) is 0 Å². The van der Waals surface area contributed by atoms with E-state index in [9.17, 15) is 0 Å². The molecule has 108 valence electrons. The first-order chi connectivity index (χ1) is 9.61. The standard InChI is InChI=1S/C14H22N6/c1-10(2)12-13(15-4)17-9-18-14(12)16-5-6-20-8-11(3)7-19-20/h7-10H,5-6H2,1-4H3,(H2,15,16,17,18). The highest BCUT2D eigenvalue weighted by atomic mass is 15.3. The lowest BCUT2D eigenvalue weighted by Gasteiger charge is -2.16. The minimum Gasteiger partial charge on any atom is -0.373 e. The smallest absolute Gasteiger partial charge is 0.135 e. The minimum atomic E-state index is 0.355. The van der Waals surface area contributed by atoms with Crippen LogP contribution in [0.3, 0.4) is 0 Å². The van der Waals surface area contributed by atoms with E-state index in [0.717, 1.165) is 30.3 Å².